The molecule has 1 aromatic heterocycles. The number of pyridine rings is 1. The van der Waals surface area contributed by atoms with Crippen LogP contribution in [-0.4, -0.2) is 17.4 Å². The van der Waals surface area contributed by atoms with Gasteiger partial charge in [-0.05, 0) is 47.4 Å². The summed E-state index contributed by atoms with van der Waals surface area (Å²) in [4.78, 5) is 18.7. The summed E-state index contributed by atoms with van der Waals surface area (Å²) in [5.41, 5.74) is 5.62. The van der Waals surface area contributed by atoms with E-state index in [9.17, 15) is 4.79 Å². The summed E-state index contributed by atoms with van der Waals surface area (Å²) in [5.74, 6) is -0.0630. The number of fused-ring (bicyclic) bond motifs is 1. The highest BCUT2D eigenvalue weighted by molar-refractivity contribution is 5.94. The minimum Gasteiger partial charge on any atom is -0.367 e. The number of para-hydroxylation sites is 1. The highest BCUT2D eigenvalue weighted by atomic mass is 16.1. The topological polar surface area (TPSA) is 45.2 Å². The maximum atomic E-state index is 12.3. The van der Waals surface area contributed by atoms with Gasteiger partial charge in [0.1, 0.15) is 0 Å². The fraction of sp³-hybridized carbons (Fsp3) is 0.182. The highest BCUT2D eigenvalue weighted by Crippen LogP contribution is 2.28. The van der Waals surface area contributed by atoms with Crippen molar-refractivity contribution in [3.05, 3.63) is 95.3 Å². The molecule has 0 unspecified atom stereocenters. The minimum absolute atomic E-state index is 0.0630. The zero-order chi connectivity index (χ0) is 17.8. The molecule has 4 heteroatoms. The van der Waals surface area contributed by atoms with Crippen LogP contribution in [0.25, 0.3) is 0 Å². The number of carbonyl (C=O) groups is 1. The van der Waals surface area contributed by atoms with Crippen LogP contribution in [0.2, 0.25) is 0 Å². The number of carbonyl (C=O) groups excluding carboxylic acids is 1. The van der Waals surface area contributed by atoms with Gasteiger partial charge in [0.15, 0.2) is 0 Å². The number of anilines is 1. The van der Waals surface area contributed by atoms with E-state index in [0.29, 0.717) is 12.1 Å². The van der Waals surface area contributed by atoms with Gasteiger partial charge in [0.05, 0.1) is 0 Å². The molecule has 2 heterocycles. The smallest absolute Gasteiger partial charge is 0.251 e. The van der Waals surface area contributed by atoms with Gasteiger partial charge in [-0.15, -0.1) is 0 Å². The van der Waals surface area contributed by atoms with Crippen molar-refractivity contribution in [2.45, 2.75) is 19.5 Å². The Bertz CT molecular complexity index is 891. The van der Waals surface area contributed by atoms with E-state index in [1.54, 1.807) is 12.4 Å². The molecule has 1 amide bonds. The van der Waals surface area contributed by atoms with E-state index in [1.165, 1.54) is 16.8 Å². The maximum Gasteiger partial charge on any atom is 0.251 e. The van der Waals surface area contributed by atoms with Crippen LogP contribution in [0, 0.1) is 0 Å². The van der Waals surface area contributed by atoms with Crippen molar-refractivity contribution in [2.24, 2.45) is 0 Å². The lowest BCUT2D eigenvalue weighted by atomic mass is 10.1. The monoisotopic (exact) mass is 343 g/mol. The average molecular weight is 343 g/mol. The molecular formula is C22H21N3O. The molecule has 0 spiro atoms. The number of hydrogen-bond donors (Lipinski definition) is 1. The Morgan fingerprint density at radius 2 is 1.85 bits per heavy atom. The van der Waals surface area contributed by atoms with Crippen molar-refractivity contribution in [3.63, 3.8) is 0 Å². The van der Waals surface area contributed by atoms with Crippen LogP contribution in [0.4, 0.5) is 5.69 Å². The van der Waals surface area contributed by atoms with Crippen LogP contribution in [0.5, 0.6) is 0 Å². The number of nitrogens with one attached hydrogen (secondary N) is 1. The van der Waals surface area contributed by atoms with E-state index < -0.39 is 0 Å². The summed E-state index contributed by atoms with van der Waals surface area (Å²) in [6.45, 7) is 2.40. The number of benzene rings is 2. The third-order valence-corrected chi connectivity index (χ3v) is 4.75. The first-order valence-electron chi connectivity index (χ1n) is 8.88. The van der Waals surface area contributed by atoms with Crippen LogP contribution >= 0.6 is 0 Å². The van der Waals surface area contributed by atoms with Gasteiger partial charge in [0.2, 0.25) is 0 Å². The SMILES string of the molecule is O=C(NCc1cccnc1)c1ccc(CN2CCc3ccccc32)cc1. The first-order chi connectivity index (χ1) is 12.8. The van der Waals surface area contributed by atoms with Gasteiger partial charge in [-0.1, -0.05) is 36.4 Å². The second-order valence-electron chi connectivity index (χ2n) is 6.54. The lowest BCUT2D eigenvalue weighted by Crippen LogP contribution is -2.23. The van der Waals surface area contributed by atoms with E-state index >= 15 is 0 Å². The van der Waals surface area contributed by atoms with Crippen LogP contribution < -0.4 is 10.2 Å². The molecule has 0 radical (unpaired) electrons. The van der Waals surface area contributed by atoms with E-state index in [2.05, 4.69) is 39.5 Å². The maximum absolute atomic E-state index is 12.3. The molecule has 0 atom stereocenters. The number of nitrogens with zero attached hydrogens (tertiary/aromatic N) is 2. The zero-order valence-electron chi connectivity index (χ0n) is 14.6. The van der Waals surface area contributed by atoms with Crippen LogP contribution in [-0.2, 0) is 19.5 Å². The van der Waals surface area contributed by atoms with Crippen LogP contribution in [0.3, 0.4) is 0 Å². The lowest BCUT2D eigenvalue weighted by molar-refractivity contribution is 0.0951. The Morgan fingerprint density at radius 1 is 1.00 bits per heavy atom. The Kier molecular flexibility index (Phi) is 4.65. The lowest BCUT2D eigenvalue weighted by Gasteiger charge is -2.19. The molecule has 3 aromatic rings. The average Bonchev–Trinajstić information content (AvgIpc) is 3.10. The predicted molar refractivity (Wildman–Crippen MR) is 103 cm³/mol. The number of rotatable bonds is 5. The molecule has 0 fully saturated rings. The number of amides is 1. The molecule has 0 saturated heterocycles. The third-order valence-electron chi connectivity index (χ3n) is 4.75. The van der Waals surface area contributed by atoms with Crippen molar-refractivity contribution < 1.29 is 4.79 Å². The van der Waals surface area contributed by atoms with E-state index in [1.807, 2.05) is 36.4 Å². The molecule has 0 saturated carbocycles. The summed E-state index contributed by atoms with van der Waals surface area (Å²) < 4.78 is 0. The second-order valence-corrected chi connectivity index (χ2v) is 6.54. The first-order valence-corrected chi connectivity index (χ1v) is 8.88. The van der Waals surface area contributed by atoms with Crippen molar-refractivity contribution in [3.8, 4) is 0 Å². The van der Waals surface area contributed by atoms with E-state index in [0.717, 1.165) is 25.1 Å². The summed E-state index contributed by atoms with van der Waals surface area (Å²) in [6, 6.07) is 20.3. The Balaban J connectivity index is 1.37. The van der Waals surface area contributed by atoms with Crippen molar-refractivity contribution in [1.29, 1.82) is 0 Å². The van der Waals surface area contributed by atoms with E-state index in [4.69, 9.17) is 0 Å². The standard InChI is InChI=1S/C22H21N3O/c26-22(24-15-18-4-3-12-23-14-18)20-9-7-17(8-10-20)16-25-13-11-19-5-1-2-6-21(19)25/h1-10,12,14H,11,13,15-16H2,(H,24,26). The van der Waals surface area contributed by atoms with Gasteiger partial charge >= 0.3 is 0 Å². The molecule has 4 rings (SSSR count). The summed E-state index contributed by atoms with van der Waals surface area (Å²) in [7, 11) is 0. The molecule has 1 N–H and O–H groups in total. The first kappa shape index (κ1) is 16.3. The van der Waals surface area contributed by atoms with Crippen molar-refractivity contribution in [1.82, 2.24) is 10.3 Å². The minimum atomic E-state index is -0.0630. The van der Waals surface area contributed by atoms with Crippen molar-refractivity contribution in [2.75, 3.05) is 11.4 Å². The fourth-order valence-corrected chi connectivity index (χ4v) is 3.34. The third kappa shape index (κ3) is 3.59. The van der Waals surface area contributed by atoms with Gasteiger partial charge in [0, 0.05) is 43.3 Å². The number of aromatic nitrogens is 1. The number of hydrogen-bond acceptors (Lipinski definition) is 3. The normalized spacial score (nSPS) is 12.7. The second kappa shape index (κ2) is 7.40. The van der Waals surface area contributed by atoms with Gasteiger partial charge < -0.3 is 10.2 Å². The molecule has 1 aliphatic rings. The largest absolute Gasteiger partial charge is 0.367 e. The molecule has 0 bridgehead atoms. The fourth-order valence-electron chi connectivity index (χ4n) is 3.34. The predicted octanol–water partition coefficient (Wildman–Crippen LogP) is 3.57. The zero-order valence-corrected chi connectivity index (χ0v) is 14.6. The summed E-state index contributed by atoms with van der Waals surface area (Å²) >= 11 is 0. The highest BCUT2D eigenvalue weighted by Gasteiger charge is 2.18. The molecule has 26 heavy (non-hydrogen) atoms. The van der Waals surface area contributed by atoms with E-state index in [-0.39, 0.29) is 5.91 Å². The Morgan fingerprint density at radius 3 is 2.65 bits per heavy atom. The van der Waals surface area contributed by atoms with Crippen molar-refractivity contribution >= 4 is 11.6 Å². The quantitative estimate of drug-likeness (QED) is 0.770. The summed E-state index contributed by atoms with van der Waals surface area (Å²) in [6.07, 6.45) is 4.59. The van der Waals surface area contributed by atoms with Gasteiger partial charge in [0.25, 0.3) is 5.91 Å². The van der Waals surface area contributed by atoms with Gasteiger partial charge in [-0.2, -0.15) is 0 Å². The molecule has 2 aromatic carbocycles. The Labute approximate surface area is 153 Å². The van der Waals surface area contributed by atoms with Crippen LogP contribution in [0.1, 0.15) is 27.0 Å². The van der Waals surface area contributed by atoms with Gasteiger partial charge in [-0.3, -0.25) is 9.78 Å². The molecule has 0 aliphatic carbocycles. The summed E-state index contributed by atoms with van der Waals surface area (Å²) in [5, 5.41) is 2.93. The molecule has 4 nitrogen and oxygen atoms in total. The van der Waals surface area contributed by atoms with Crippen LogP contribution in [0.15, 0.2) is 73.1 Å². The Hall–Kier alpha value is -3.14. The van der Waals surface area contributed by atoms with Gasteiger partial charge in [-0.25, -0.2) is 0 Å². The molecule has 130 valence electrons. The molecular weight excluding hydrogens is 322 g/mol. The molecule has 1 aliphatic heterocycles.